The van der Waals surface area contributed by atoms with Crippen molar-refractivity contribution < 1.29 is 9.53 Å². The van der Waals surface area contributed by atoms with Crippen LogP contribution < -0.4 is 0 Å². The highest BCUT2D eigenvalue weighted by Gasteiger charge is 2.32. The third kappa shape index (κ3) is 3.01. The molecule has 0 N–H and O–H groups in total. The van der Waals surface area contributed by atoms with E-state index >= 15 is 0 Å². The van der Waals surface area contributed by atoms with Crippen LogP contribution in [0.3, 0.4) is 0 Å². The van der Waals surface area contributed by atoms with Gasteiger partial charge in [0.2, 0.25) is 5.91 Å². The van der Waals surface area contributed by atoms with E-state index in [0.717, 1.165) is 32.2 Å². The Bertz CT molecular complexity index is 259. The molecule has 1 saturated carbocycles. The smallest absolute Gasteiger partial charge is 0.225 e. The molecule has 2 fully saturated rings. The lowest BCUT2D eigenvalue weighted by Gasteiger charge is -2.37. The van der Waals surface area contributed by atoms with E-state index in [9.17, 15) is 4.79 Å². The van der Waals surface area contributed by atoms with Crippen LogP contribution in [0.4, 0.5) is 0 Å². The lowest BCUT2D eigenvalue weighted by molar-refractivity contribution is -0.140. The Hall–Kier alpha value is -0.570. The summed E-state index contributed by atoms with van der Waals surface area (Å²) in [5.74, 6) is 0.675. The quantitative estimate of drug-likeness (QED) is 0.741. The van der Waals surface area contributed by atoms with Crippen LogP contribution in [0.2, 0.25) is 0 Å². The number of piperidine rings is 1. The molecule has 3 heteroatoms. The van der Waals surface area contributed by atoms with E-state index in [-0.39, 0.29) is 5.92 Å². The Kier molecular flexibility index (Phi) is 4.43. The van der Waals surface area contributed by atoms with Crippen molar-refractivity contribution in [1.82, 2.24) is 4.90 Å². The van der Waals surface area contributed by atoms with Gasteiger partial charge in [0.05, 0.1) is 6.10 Å². The fourth-order valence-corrected chi connectivity index (χ4v) is 3.21. The van der Waals surface area contributed by atoms with Gasteiger partial charge in [-0.05, 0) is 51.9 Å². The van der Waals surface area contributed by atoms with E-state index in [1.54, 1.807) is 7.11 Å². The van der Waals surface area contributed by atoms with Crippen LogP contribution in [0.25, 0.3) is 0 Å². The largest absolute Gasteiger partial charge is 0.381 e. The molecule has 0 bridgehead atoms. The van der Waals surface area contributed by atoms with Gasteiger partial charge in [0.1, 0.15) is 0 Å². The molecule has 17 heavy (non-hydrogen) atoms. The molecule has 0 radical (unpaired) electrons. The van der Waals surface area contributed by atoms with Gasteiger partial charge in [-0.1, -0.05) is 0 Å². The molecular weight excluding hydrogens is 214 g/mol. The monoisotopic (exact) mass is 239 g/mol. The van der Waals surface area contributed by atoms with Crippen molar-refractivity contribution >= 4 is 5.91 Å². The highest BCUT2D eigenvalue weighted by molar-refractivity contribution is 5.79. The highest BCUT2D eigenvalue weighted by atomic mass is 16.5. The minimum atomic E-state index is 0.266. The van der Waals surface area contributed by atoms with E-state index in [2.05, 4.69) is 11.8 Å². The highest BCUT2D eigenvalue weighted by Crippen LogP contribution is 2.29. The van der Waals surface area contributed by atoms with Gasteiger partial charge in [-0.25, -0.2) is 0 Å². The molecule has 1 atom stereocenters. The average Bonchev–Trinajstić information content (AvgIpc) is 2.39. The van der Waals surface area contributed by atoms with Crippen LogP contribution >= 0.6 is 0 Å². The predicted octanol–water partition coefficient (Wildman–Crippen LogP) is 2.59. The van der Waals surface area contributed by atoms with Gasteiger partial charge < -0.3 is 9.64 Å². The summed E-state index contributed by atoms with van der Waals surface area (Å²) < 4.78 is 5.36. The van der Waals surface area contributed by atoms with Crippen LogP contribution in [0.15, 0.2) is 0 Å². The second-order valence-electron chi connectivity index (χ2n) is 5.59. The van der Waals surface area contributed by atoms with Crippen LogP contribution in [-0.2, 0) is 9.53 Å². The fourth-order valence-electron chi connectivity index (χ4n) is 3.21. The molecule has 0 spiro atoms. The summed E-state index contributed by atoms with van der Waals surface area (Å²) in [5, 5.41) is 0. The molecular formula is C14H25NO2. The van der Waals surface area contributed by atoms with Crippen LogP contribution in [0.1, 0.15) is 51.9 Å². The zero-order valence-electron chi connectivity index (χ0n) is 11.2. The number of amides is 1. The number of carbonyl (C=O) groups is 1. The first kappa shape index (κ1) is 12.9. The number of hydrogen-bond donors (Lipinski definition) is 0. The van der Waals surface area contributed by atoms with Gasteiger partial charge in [-0.3, -0.25) is 4.79 Å². The molecule has 2 rings (SSSR count). The first-order chi connectivity index (χ1) is 8.22. The maximum Gasteiger partial charge on any atom is 0.225 e. The molecule has 2 aliphatic rings. The molecule has 1 amide bonds. The van der Waals surface area contributed by atoms with Gasteiger partial charge in [-0.15, -0.1) is 0 Å². The first-order valence-electron chi connectivity index (χ1n) is 7.05. The molecule has 1 saturated heterocycles. The van der Waals surface area contributed by atoms with Gasteiger partial charge in [0, 0.05) is 25.6 Å². The lowest BCUT2D eigenvalue weighted by atomic mass is 9.85. The second-order valence-corrected chi connectivity index (χ2v) is 5.59. The number of methoxy groups -OCH3 is 1. The molecule has 3 nitrogen and oxygen atoms in total. The second kappa shape index (κ2) is 5.85. The Morgan fingerprint density at radius 2 is 1.82 bits per heavy atom. The van der Waals surface area contributed by atoms with Crippen LogP contribution in [-0.4, -0.2) is 36.6 Å². The maximum atomic E-state index is 12.4. The summed E-state index contributed by atoms with van der Waals surface area (Å²) in [6.45, 7) is 3.17. The first-order valence-corrected chi connectivity index (χ1v) is 7.05. The molecule has 1 aliphatic carbocycles. The summed E-state index contributed by atoms with van der Waals surface area (Å²) in [6.07, 6.45) is 8.16. The predicted molar refractivity (Wildman–Crippen MR) is 67.8 cm³/mol. The number of carbonyl (C=O) groups excluding carboxylic acids is 1. The standard InChI is InChI=1S/C14H25NO2/c1-11-5-3-4-10-15(11)14(16)12-6-8-13(17-2)9-7-12/h11-13H,3-10H2,1-2H3. The number of rotatable bonds is 2. The Morgan fingerprint density at radius 1 is 1.12 bits per heavy atom. The fraction of sp³-hybridized carbons (Fsp3) is 0.929. The Balaban J connectivity index is 1.87. The van der Waals surface area contributed by atoms with Crippen molar-refractivity contribution in [3.05, 3.63) is 0 Å². The number of ether oxygens (including phenoxy) is 1. The van der Waals surface area contributed by atoms with Crippen LogP contribution in [0.5, 0.6) is 0 Å². The van der Waals surface area contributed by atoms with E-state index < -0.39 is 0 Å². The topological polar surface area (TPSA) is 29.5 Å². The van der Waals surface area contributed by atoms with Crippen molar-refractivity contribution in [3.63, 3.8) is 0 Å². The van der Waals surface area contributed by atoms with Crippen molar-refractivity contribution in [1.29, 1.82) is 0 Å². The summed E-state index contributed by atoms with van der Waals surface area (Å²) in [5.41, 5.74) is 0. The molecule has 0 aromatic carbocycles. The molecule has 0 aromatic rings. The number of nitrogens with zero attached hydrogens (tertiary/aromatic N) is 1. The van der Waals surface area contributed by atoms with Crippen molar-refractivity contribution in [2.75, 3.05) is 13.7 Å². The van der Waals surface area contributed by atoms with Gasteiger partial charge >= 0.3 is 0 Å². The van der Waals surface area contributed by atoms with Crippen molar-refractivity contribution in [2.24, 2.45) is 5.92 Å². The number of hydrogen-bond acceptors (Lipinski definition) is 2. The average molecular weight is 239 g/mol. The maximum absolute atomic E-state index is 12.4. The van der Waals surface area contributed by atoms with Gasteiger partial charge in [0.25, 0.3) is 0 Å². The summed E-state index contributed by atoms with van der Waals surface area (Å²) in [4.78, 5) is 14.6. The van der Waals surface area contributed by atoms with Crippen LogP contribution in [0, 0.1) is 5.92 Å². The third-order valence-electron chi connectivity index (χ3n) is 4.44. The molecule has 1 aliphatic heterocycles. The minimum absolute atomic E-state index is 0.266. The molecule has 1 heterocycles. The van der Waals surface area contributed by atoms with Gasteiger partial charge in [0.15, 0.2) is 0 Å². The normalized spacial score (nSPS) is 34.7. The molecule has 1 unspecified atom stereocenters. The SMILES string of the molecule is COC1CCC(C(=O)N2CCCCC2C)CC1. The molecule has 0 aromatic heterocycles. The van der Waals surface area contributed by atoms with Gasteiger partial charge in [-0.2, -0.15) is 0 Å². The molecule has 98 valence electrons. The Labute approximate surface area is 105 Å². The number of likely N-dealkylation sites (tertiary alicyclic amines) is 1. The van der Waals surface area contributed by atoms with E-state index in [0.29, 0.717) is 18.1 Å². The summed E-state index contributed by atoms with van der Waals surface area (Å²) >= 11 is 0. The van der Waals surface area contributed by atoms with E-state index in [4.69, 9.17) is 4.74 Å². The minimum Gasteiger partial charge on any atom is -0.381 e. The summed E-state index contributed by atoms with van der Waals surface area (Å²) in [7, 11) is 1.78. The van der Waals surface area contributed by atoms with Crippen molar-refractivity contribution in [2.45, 2.75) is 64.0 Å². The van der Waals surface area contributed by atoms with Crippen molar-refractivity contribution in [3.8, 4) is 0 Å². The van der Waals surface area contributed by atoms with E-state index in [1.165, 1.54) is 19.3 Å². The summed E-state index contributed by atoms with van der Waals surface area (Å²) in [6, 6.07) is 0.455. The zero-order valence-corrected chi connectivity index (χ0v) is 11.2. The van der Waals surface area contributed by atoms with E-state index in [1.807, 2.05) is 0 Å². The lowest BCUT2D eigenvalue weighted by Crippen LogP contribution is -2.46. The third-order valence-corrected chi connectivity index (χ3v) is 4.44. The Morgan fingerprint density at radius 3 is 2.41 bits per heavy atom. The zero-order chi connectivity index (χ0) is 12.3.